The SMILES string of the molecule is CC1CCC(C(=O)N2CCC(C)C(Br)C2)O1. The normalized spacial score (nSPS) is 40.1. The molecule has 0 radical (unpaired) electrons. The fraction of sp³-hybridized carbons (Fsp3) is 0.917. The maximum Gasteiger partial charge on any atom is 0.251 e. The van der Waals surface area contributed by atoms with Crippen molar-refractivity contribution in [3.8, 4) is 0 Å². The van der Waals surface area contributed by atoms with Crippen LogP contribution in [0.3, 0.4) is 0 Å². The van der Waals surface area contributed by atoms with Gasteiger partial charge in [0.1, 0.15) is 6.10 Å². The summed E-state index contributed by atoms with van der Waals surface area (Å²) in [7, 11) is 0. The number of piperidine rings is 1. The van der Waals surface area contributed by atoms with Gasteiger partial charge in [-0.2, -0.15) is 0 Å². The highest BCUT2D eigenvalue weighted by Crippen LogP contribution is 2.26. The van der Waals surface area contributed by atoms with Gasteiger partial charge in [0.2, 0.25) is 0 Å². The minimum atomic E-state index is -0.178. The van der Waals surface area contributed by atoms with Crippen LogP contribution in [0.15, 0.2) is 0 Å². The Morgan fingerprint density at radius 2 is 2.06 bits per heavy atom. The van der Waals surface area contributed by atoms with Gasteiger partial charge in [-0.1, -0.05) is 22.9 Å². The molecule has 2 aliphatic heterocycles. The van der Waals surface area contributed by atoms with Crippen LogP contribution in [0.4, 0.5) is 0 Å². The molecule has 2 rings (SSSR count). The third kappa shape index (κ3) is 2.59. The van der Waals surface area contributed by atoms with Crippen molar-refractivity contribution >= 4 is 21.8 Å². The molecule has 4 heteroatoms. The molecule has 0 bridgehead atoms. The molecule has 1 amide bonds. The van der Waals surface area contributed by atoms with Gasteiger partial charge in [0.25, 0.3) is 5.91 Å². The fourth-order valence-corrected chi connectivity index (χ4v) is 3.02. The van der Waals surface area contributed by atoms with Crippen molar-refractivity contribution in [2.75, 3.05) is 13.1 Å². The average Bonchev–Trinajstić information content (AvgIpc) is 2.68. The standard InChI is InChI=1S/C12H20BrNO2/c1-8-5-6-14(7-10(8)13)12(15)11-4-3-9(2)16-11/h8-11H,3-7H2,1-2H3. The Kier molecular flexibility index (Phi) is 3.90. The summed E-state index contributed by atoms with van der Waals surface area (Å²) in [6.45, 7) is 5.98. The van der Waals surface area contributed by atoms with Gasteiger partial charge in [-0.25, -0.2) is 0 Å². The van der Waals surface area contributed by atoms with Gasteiger partial charge < -0.3 is 9.64 Å². The Morgan fingerprint density at radius 3 is 2.62 bits per heavy atom. The Bertz CT molecular complexity index is 272. The molecule has 4 atom stereocenters. The van der Waals surface area contributed by atoms with Crippen LogP contribution >= 0.6 is 15.9 Å². The molecule has 0 aromatic rings. The first-order valence-corrected chi connectivity index (χ1v) is 7.08. The predicted octanol–water partition coefficient (Wildman–Crippen LogP) is 2.19. The maximum absolute atomic E-state index is 12.2. The second-order valence-corrected chi connectivity index (χ2v) is 6.26. The van der Waals surface area contributed by atoms with Crippen molar-refractivity contribution in [1.82, 2.24) is 4.90 Å². The van der Waals surface area contributed by atoms with E-state index in [1.807, 2.05) is 11.8 Å². The number of likely N-dealkylation sites (tertiary alicyclic amines) is 1. The van der Waals surface area contributed by atoms with Crippen LogP contribution in [-0.4, -0.2) is 40.9 Å². The summed E-state index contributed by atoms with van der Waals surface area (Å²) in [4.78, 5) is 14.6. The van der Waals surface area contributed by atoms with E-state index in [2.05, 4.69) is 22.9 Å². The van der Waals surface area contributed by atoms with E-state index in [0.29, 0.717) is 10.7 Å². The van der Waals surface area contributed by atoms with Crippen molar-refractivity contribution in [1.29, 1.82) is 0 Å². The van der Waals surface area contributed by atoms with E-state index < -0.39 is 0 Å². The summed E-state index contributed by atoms with van der Waals surface area (Å²) in [5.74, 6) is 0.855. The van der Waals surface area contributed by atoms with Crippen molar-refractivity contribution < 1.29 is 9.53 Å². The lowest BCUT2D eigenvalue weighted by molar-refractivity contribution is -0.143. The first-order valence-electron chi connectivity index (χ1n) is 6.16. The van der Waals surface area contributed by atoms with E-state index in [4.69, 9.17) is 4.74 Å². The van der Waals surface area contributed by atoms with E-state index in [1.165, 1.54) is 0 Å². The van der Waals surface area contributed by atoms with Crippen molar-refractivity contribution in [3.63, 3.8) is 0 Å². The van der Waals surface area contributed by atoms with Gasteiger partial charge in [-0.3, -0.25) is 4.79 Å². The maximum atomic E-state index is 12.2. The zero-order chi connectivity index (χ0) is 11.7. The van der Waals surface area contributed by atoms with E-state index in [-0.39, 0.29) is 18.1 Å². The molecule has 92 valence electrons. The number of hydrogen-bond donors (Lipinski definition) is 0. The summed E-state index contributed by atoms with van der Waals surface area (Å²) in [6.07, 6.45) is 3.06. The molecule has 2 heterocycles. The molecule has 3 nitrogen and oxygen atoms in total. The van der Waals surface area contributed by atoms with Crippen LogP contribution in [0.5, 0.6) is 0 Å². The van der Waals surface area contributed by atoms with E-state index in [9.17, 15) is 4.79 Å². The van der Waals surface area contributed by atoms with Gasteiger partial charge >= 0.3 is 0 Å². The highest BCUT2D eigenvalue weighted by Gasteiger charge is 2.34. The summed E-state index contributed by atoms with van der Waals surface area (Å²) < 4.78 is 5.63. The van der Waals surface area contributed by atoms with E-state index >= 15 is 0 Å². The third-order valence-electron chi connectivity index (χ3n) is 3.69. The lowest BCUT2D eigenvalue weighted by atomic mass is 9.98. The Hall–Kier alpha value is -0.0900. The number of carbonyl (C=O) groups excluding carboxylic acids is 1. The molecule has 0 aliphatic carbocycles. The van der Waals surface area contributed by atoms with Crippen LogP contribution in [0, 0.1) is 5.92 Å². The Morgan fingerprint density at radius 1 is 1.31 bits per heavy atom. The molecule has 0 saturated carbocycles. The fourth-order valence-electron chi connectivity index (χ4n) is 2.41. The Balaban J connectivity index is 1.90. The molecule has 0 spiro atoms. The third-order valence-corrected chi connectivity index (χ3v) is 4.88. The highest BCUT2D eigenvalue weighted by molar-refractivity contribution is 9.09. The van der Waals surface area contributed by atoms with Gasteiger partial charge in [0.15, 0.2) is 0 Å². The monoisotopic (exact) mass is 289 g/mol. The summed E-state index contributed by atoms with van der Waals surface area (Å²) in [6, 6.07) is 0. The van der Waals surface area contributed by atoms with E-state index in [0.717, 1.165) is 32.4 Å². The van der Waals surface area contributed by atoms with E-state index in [1.54, 1.807) is 0 Å². The molecule has 2 aliphatic rings. The molecule has 0 N–H and O–H groups in total. The topological polar surface area (TPSA) is 29.5 Å². The molecule has 2 saturated heterocycles. The predicted molar refractivity (Wildman–Crippen MR) is 66.6 cm³/mol. The highest BCUT2D eigenvalue weighted by atomic mass is 79.9. The first-order chi connectivity index (χ1) is 7.58. The Labute approximate surface area is 106 Å². The summed E-state index contributed by atoms with van der Waals surface area (Å²) in [5.41, 5.74) is 0. The lowest BCUT2D eigenvalue weighted by Crippen LogP contribution is -2.47. The van der Waals surface area contributed by atoms with Crippen LogP contribution in [0.25, 0.3) is 0 Å². The van der Waals surface area contributed by atoms with Crippen LogP contribution in [0.2, 0.25) is 0 Å². The minimum absolute atomic E-state index is 0.178. The molecule has 0 aromatic heterocycles. The molecule has 0 aromatic carbocycles. The molecule has 16 heavy (non-hydrogen) atoms. The molecular weight excluding hydrogens is 270 g/mol. The van der Waals surface area contributed by atoms with Crippen LogP contribution in [0.1, 0.15) is 33.1 Å². The van der Waals surface area contributed by atoms with Gasteiger partial charge in [-0.05, 0) is 32.1 Å². The number of alkyl halides is 1. The zero-order valence-corrected chi connectivity index (χ0v) is 11.6. The van der Waals surface area contributed by atoms with Gasteiger partial charge in [0, 0.05) is 17.9 Å². The molecule has 2 fully saturated rings. The van der Waals surface area contributed by atoms with Gasteiger partial charge in [0.05, 0.1) is 6.10 Å². The summed E-state index contributed by atoms with van der Waals surface area (Å²) in [5, 5.41) is 0. The lowest BCUT2D eigenvalue weighted by Gasteiger charge is -2.35. The van der Waals surface area contributed by atoms with Crippen molar-refractivity contribution in [2.24, 2.45) is 5.92 Å². The smallest absolute Gasteiger partial charge is 0.251 e. The van der Waals surface area contributed by atoms with Crippen LogP contribution < -0.4 is 0 Å². The van der Waals surface area contributed by atoms with Crippen molar-refractivity contribution in [2.45, 2.75) is 50.1 Å². The zero-order valence-electron chi connectivity index (χ0n) is 9.99. The van der Waals surface area contributed by atoms with Crippen LogP contribution in [-0.2, 0) is 9.53 Å². The number of ether oxygens (including phenoxy) is 1. The first kappa shape index (κ1) is 12.4. The quantitative estimate of drug-likeness (QED) is 0.693. The number of carbonyl (C=O) groups is 1. The second kappa shape index (κ2) is 5.05. The number of amides is 1. The van der Waals surface area contributed by atoms with Crippen molar-refractivity contribution in [3.05, 3.63) is 0 Å². The minimum Gasteiger partial charge on any atom is -0.365 e. The number of hydrogen-bond acceptors (Lipinski definition) is 2. The number of nitrogens with zero attached hydrogens (tertiary/aromatic N) is 1. The molecular formula is C12H20BrNO2. The molecule has 4 unspecified atom stereocenters. The number of halogens is 1. The average molecular weight is 290 g/mol. The van der Waals surface area contributed by atoms with Gasteiger partial charge in [-0.15, -0.1) is 0 Å². The number of rotatable bonds is 1. The largest absolute Gasteiger partial charge is 0.365 e. The summed E-state index contributed by atoms with van der Waals surface area (Å²) >= 11 is 3.65. The second-order valence-electron chi connectivity index (χ2n) is 5.08.